The number of hydrogen-bond acceptors (Lipinski definition) is 4. The van der Waals surface area contributed by atoms with E-state index < -0.39 is 5.60 Å². The Labute approximate surface area is 173 Å². The molecule has 0 radical (unpaired) electrons. The van der Waals surface area contributed by atoms with Gasteiger partial charge in [0, 0.05) is 19.0 Å². The van der Waals surface area contributed by atoms with Gasteiger partial charge in [0.1, 0.15) is 11.7 Å². The minimum Gasteiger partial charge on any atom is -0.444 e. The van der Waals surface area contributed by atoms with Crippen LogP contribution in [0.4, 0.5) is 4.79 Å². The number of nitrogens with zero attached hydrogens (tertiary/aromatic N) is 1. The molecule has 1 aromatic carbocycles. The van der Waals surface area contributed by atoms with Crippen LogP contribution < -0.4 is 5.32 Å². The SMILES string of the molecule is CC(C)(C)OC(=O)NCC1CCC(C(=O)N2CCOC(c3ccccc3)C2)CC1. The number of rotatable bonds is 4. The zero-order chi connectivity index (χ0) is 20.9. The van der Waals surface area contributed by atoms with Crippen LogP contribution in [0.5, 0.6) is 0 Å². The minimum atomic E-state index is -0.482. The van der Waals surface area contributed by atoms with Crippen molar-refractivity contribution in [1.29, 1.82) is 0 Å². The van der Waals surface area contributed by atoms with E-state index in [1.165, 1.54) is 0 Å². The molecule has 2 aliphatic rings. The lowest BCUT2D eigenvalue weighted by Gasteiger charge is -2.37. The van der Waals surface area contributed by atoms with E-state index in [4.69, 9.17) is 9.47 Å². The molecule has 2 amide bonds. The highest BCUT2D eigenvalue weighted by molar-refractivity contribution is 5.79. The van der Waals surface area contributed by atoms with Gasteiger partial charge in [-0.15, -0.1) is 0 Å². The molecule has 1 aliphatic carbocycles. The van der Waals surface area contributed by atoms with Gasteiger partial charge in [-0.1, -0.05) is 30.3 Å². The predicted octanol–water partition coefficient (Wildman–Crippen LogP) is 3.92. The number of morpholine rings is 1. The van der Waals surface area contributed by atoms with Crippen LogP contribution in [0.2, 0.25) is 0 Å². The summed E-state index contributed by atoms with van der Waals surface area (Å²) in [5, 5.41) is 2.87. The van der Waals surface area contributed by atoms with Gasteiger partial charge in [-0.2, -0.15) is 0 Å². The van der Waals surface area contributed by atoms with Crippen molar-refractivity contribution in [2.45, 2.75) is 58.2 Å². The van der Waals surface area contributed by atoms with Gasteiger partial charge in [0.25, 0.3) is 0 Å². The molecule has 1 saturated carbocycles. The van der Waals surface area contributed by atoms with Crippen LogP contribution in [0.15, 0.2) is 30.3 Å². The summed E-state index contributed by atoms with van der Waals surface area (Å²) in [5.41, 5.74) is 0.645. The second kappa shape index (κ2) is 9.61. The largest absolute Gasteiger partial charge is 0.444 e. The number of benzene rings is 1. The van der Waals surface area contributed by atoms with Crippen LogP contribution >= 0.6 is 0 Å². The zero-order valence-electron chi connectivity index (χ0n) is 17.9. The summed E-state index contributed by atoms with van der Waals surface area (Å²) in [4.78, 5) is 26.8. The average molecular weight is 403 g/mol. The molecule has 0 spiro atoms. The van der Waals surface area contributed by atoms with Crippen LogP contribution in [0, 0.1) is 11.8 Å². The van der Waals surface area contributed by atoms with Crippen molar-refractivity contribution in [2.24, 2.45) is 11.8 Å². The lowest BCUT2D eigenvalue weighted by atomic mass is 9.81. The molecule has 6 nitrogen and oxygen atoms in total. The summed E-state index contributed by atoms with van der Waals surface area (Å²) in [6.07, 6.45) is 3.27. The third-order valence-corrected chi connectivity index (χ3v) is 5.68. The summed E-state index contributed by atoms with van der Waals surface area (Å²) in [5.74, 6) is 0.753. The fraction of sp³-hybridized carbons (Fsp3) is 0.652. The first kappa shape index (κ1) is 21.6. The van der Waals surface area contributed by atoms with Crippen LogP contribution in [0.25, 0.3) is 0 Å². The lowest BCUT2D eigenvalue weighted by molar-refractivity contribution is -0.144. The molecule has 1 saturated heterocycles. The van der Waals surface area contributed by atoms with Crippen LogP contribution in [-0.4, -0.2) is 48.7 Å². The Morgan fingerprint density at radius 2 is 1.83 bits per heavy atom. The van der Waals surface area contributed by atoms with Gasteiger partial charge >= 0.3 is 6.09 Å². The standard InChI is InChI=1S/C23H34N2O4/c1-23(2,3)29-22(27)24-15-17-9-11-19(12-10-17)21(26)25-13-14-28-20(16-25)18-7-5-4-6-8-18/h4-8,17,19-20H,9-16H2,1-3H3,(H,24,27). The average Bonchev–Trinajstić information content (AvgIpc) is 2.72. The Bertz CT molecular complexity index is 678. The molecule has 0 bridgehead atoms. The van der Waals surface area contributed by atoms with E-state index in [1.807, 2.05) is 43.9 Å². The molecule has 1 atom stereocenters. The summed E-state index contributed by atoms with van der Waals surface area (Å²) in [6.45, 7) is 8.07. The highest BCUT2D eigenvalue weighted by atomic mass is 16.6. The highest BCUT2D eigenvalue weighted by Gasteiger charge is 2.32. The number of carbonyl (C=O) groups is 2. The van der Waals surface area contributed by atoms with Gasteiger partial charge < -0.3 is 19.7 Å². The molecule has 6 heteroatoms. The Balaban J connectivity index is 1.43. The maximum Gasteiger partial charge on any atom is 0.407 e. The van der Waals surface area contributed by atoms with E-state index in [-0.39, 0.29) is 24.0 Å². The van der Waals surface area contributed by atoms with Crippen molar-refractivity contribution in [2.75, 3.05) is 26.2 Å². The third kappa shape index (κ3) is 6.46. The summed E-state index contributed by atoms with van der Waals surface area (Å²) in [7, 11) is 0. The Morgan fingerprint density at radius 3 is 2.48 bits per heavy atom. The molecule has 1 N–H and O–H groups in total. The monoisotopic (exact) mass is 402 g/mol. The molecular weight excluding hydrogens is 368 g/mol. The van der Waals surface area contributed by atoms with Crippen LogP contribution in [0.3, 0.4) is 0 Å². The smallest absolute Gasteiger partial charge is 0.407 e. The Hall–Kier alpha value is -2.08. The highest BCUT2D eigenvalue weighted by Crippen LogP contribution is 2.31. The number of hydrogen-bond donors (Lipinski definition) is 1. The van der Waals surface area contributed by atoms with Gasteiger partial charge in [-0.3, -0.25) is 4.79 Å². The van der Waals surface area contributed by atoms with Gasteiger partial charge in [0.15, 0.2) is 0 Å². The molecule has 3 rings (SSSR count). The Morgan fingerprint density at radius 1 is 1.14 bits per heavy atom. The van der Waals surface area contributed by atoms with Crippen LogP contribution in [-0.2, 0) is 14.3 Å². The number of carbonyl (C=O) groups excluding carboxylic acids is 2. The van der Waals surface area contributed by atoms with E-state index in [0.29, 0.717) is 32.2 Å². The van der Waals surface area contributed by atoms with Crippen molar-refractivity contribution >= 4 is 12.0 Å². The molecule has 1 unspecified atom stereocenters. The summed E-state index contributed by atoms with van der Waals surface area (Å²) < 4.78 is 11.2. The van der Waals surface area contributed by atoms with Crippen molar-refractivity contribution in [3.05, 3.63) is 35.9 Å². The van der Waals surface area contributed by atoms with E-state index in [9.17, 15) is 9.59 Å². The number of alkyl carbamates (subject to hydrolysis) is 1. The first-order chi connectivity index (χ1) is 13.8. The quantitative estimate of drug-likeness (QED) is 0.829. The maximum absolute atomic E-state index is 13.0. The van der Waals surface area contributed by atoms with Crippen molar-refractivity contribution < 1.29 is 19.1 Å². The molecule has 29 heavy (non-hydrogen) atoms. The zero-order valence-corrected chi connectivity index (χ0v) is 17.9. The number of ether oxygens (including phenoxy) is 2. The predicted molar refractivity (Wildman–Crippen MR) is 111 cm³/mol. The van der Waals surface area contributed by atoms with E-state index >= 15 is 0 Å². The normalized spacial score (nSPS) is 25.3. The second-order valence-corrected chi connectivity index (χ2v) is 9.15. The summed E-state index contributed by atoms with van der Waals surface area (Å²) >= 11 is 0. The summed E-state index contributed by atoms with van der Waals surface area (Å²) in [6, 6.07) is 10.1. The lowest BCUT2D eigenvalue weighted by Crippen LogP contribution is -2.46. The molecular formula is C23H34N2O4. The first-order valence-electron chi connectivity index (χ1n) is 10.7. The van der Waals surface area contributed by atoms with E-state index in [1.54, 1.807) is 0 Å². The van der Waals surface area contributed by atoms with Gasteiger partial charge in [-0.25, -0.2) is 4.79 Å². The Kier molecular flexibility index (Phi) is 7.17. The van der Waals surface area contributed by atoms with Gasteiger partial charge in [0.2, 0.25) is 5.91 Å². The molecule has 160 valence electrons. The molecule has 1 aromatic rings. The number of nitrogens with one attached hydrogen (secondary N) is 1. The van der Waals surface area contributed by atoms with Crippen molar-refractivity contribution in [3.63, 3.8) is 0 Å². The molecule has 0 aromatic heterocycles. The first-order valence-corrected chi connectivity index (χ1v) is 10.7. The molecule has 1 heterocycles. The maximum atomic E-state index is 13.0. The van der Waals surface area contributed by atoms with Crippen LogP contribution in [0.1, 0.15) is 58.1 Å². The molecule has 2 fully saturated rings. The fourth-order valence-electron chi connectivity index (χ4n) is 4.13. The van der Waals surface area contributed by atoms with Crippen molar-refractivity contribution in [3.8, 4) is 0 Å². The number of amides is 2. The van der Waals surface area contributed by atoms with E-state index in [2.05, 4.69) is 17.4 Å². The third-order valence-electron chi connectivity index (χ3n) is 5.68. The topological polar surface area (TPSA) is 67.9 Å². The van der Waals surface area contributed by atoms with Gasteiger partial charge in [-0.05, 0) is 57.9 Å². The fourth-order valence-corrected chi connectivity index (χ4v) is 4.13. The second-order valence-electron chi connectivity index (χ2n) is 9.15. The molecule has 1 aliphatic heterocycles. The minimum absolute atomic E-state index is 0.0386. The van der Waals surface area contributed by atoms with Gasteiger partial charge in [0.05, 0.1) is 13.2 Å². The van der Waals surface area contributed by atoms with E-state index in [0.717, 1.165) is 31.2 Å². The van der Waals surface area contributed by atoms with Crippen molar-refractivity contribution in [1.82, 2.24) is 10.2 Å².